The molecule has 5 nitrogen and oxygen atoms in total. The summed E-state index contributed by atoms with van der Waals surface area (Å²) in [5.74, 6) is 3.17. The lowest BCUT2D eigenvalue weighted by Gasteiger charge is -2.61. The fourth-order valence-electron chi connectivity index (χ4n) is 9.21. The number of carbonyl (C=O) groups is 2. The molecule has 186 valence electrons. The van der Waals surface area contributed by atoms with Crippen LogP contribution in [-0.2, 0) is 23.8 Å². The van der Waals surface area contributed by atoms with Crippen LogP contribution in [0.15, 0.2) is 0 Å². The zero-order valence-electron chi connectivity index (χ0n) is 21.0. The second-order valence-electron chi connectivity index (χ2n) is 12.4. The van der Waals surface area contributed by atoms with Gasteiger partial charge >= 0.3 is 5.97 Å². The summed E-state index contributed by atoms with van der Waals surface area (Å²) in [7, 11) is 0. The molecule has 0 aromatic rings. The van der Waals surface area contributed by atoms with E-state index in [1.165, 1.54) is 45.4 Å². The normalized spacial score (nSPS) is 47.2. The predicted octanol–water partition coefficient (Wildman–Crippen LogP) is 5.69. The predicted molar refractivity (Wildman–Crippen MR) is 125 cm³/mol. The molecule has 9 atom stereocenters. The van der Waals surface area contributed by atoms with Crippen molar-refractivity contribution < 1.29 is 23.8 Å². The Morgan fingerprint density at radius 2 is 1.70 bits per heavy atom. The minimum absolute atomic E-state index is 0.118. The molecule has 5 aliphatic rings. The zero-order chi connectivity index (χ0) is 23.2. The SMILES string of the molecule is CC(=O)O[C@H]1CC[C@@]2(C)[C@@H](CC[C@@H]3[C@@H]2CC[C@]2(C)[C@@H](C(=O)CO[C@H]4CCCCO4)CC[C@@H]32)C1. The Kier molecular flexibility index (Phi) is 6.67. The number of ether oxygens (including phenoxy) is 3. The third-order valence-corrected chi connectivity index (χ3v) is 10.9. The van der Waals surface area contributed by atoms with Crippen molar-refractivity contribution in [3.63, 3.8) is 0 Å². The fourth-order valence-corrected chi connectivity index (χ4v) is 9.21. The highest BCUT2D eigenvalue weighted by Crippen LogP contribution is 2.67. The summed E-state index contributed by atoms with van der Waals surface area (Å²) in [6.45, 7) is 7.48. The topological polar surface area (TPSA) is 61.8 Å². The van der Waals surface area contributed by atoms with Gasteiger partial charge in [-0.3, -0.25) is 9.59 Å². The lowest BCUT2D eigenvalue weighted by Crippen LogP contribution is -2.54. The van der Waals surface area contributed by atoms with E-state index in [1.54, 1.807) is 0 Å². The highest BCUT2D eigenvalue weighted by molar-refractivity contribution is 5.83. The molecule has 0 radical (unpaired) electrons. The van der Waals surface area contributed by atoms with Crippen LogP contribution in [-0.4, -0.2) is 37.4 Å². The van der Waals surface area contributed by atoms with Crippen LogP contribution in [0.3, 0.4) is 0 Å². The van der Waals surface area contributed by atoms with Crippen LogP contribution in [0.5, 0.6) is 0 Å². The number of rotatable bonds is 5. The molecule has 1 heterocycles. The third kappa shape index (κ3) is 4.30. The van der Waals surface area contributed by atoms with Gasteiger partial charge in [0.25, 0.3) is 0 Å². The molecule has 0 amide bonds. The lowest BCUT2D eigenvalue weighted by molar-refractivity contribution is -0.174. The molecule has 5 rings (SSSR count). The van der Waals surface area contributed by atoms with E-state index in [1.807, 2.05) is 0 Å². The molecule has 33 heavy (non-hydrogen) atoms. The maximum atomic E-state index is 13.3. The molecule has 5 fully saturated rings. The highest BCUT2D eigenvalue weighted by atomic mass is 16.7. The second-order valence-corrected chi connectivity index (χ2v) is 12.4. The van der Waals surface area contributed by atoms with E-state index in [0.717, 1.165) is 57.0 Å². The summed E-state index contributed by atoms with van der Waals surface area (Å²) in [5, 5.41) is 0. The Bertz CT molecular complexity index is 745. The van der Waals surface area contributed by atoms with Crippen LogP contribution in [0.1, 0.15) is 97.8 Å². The number of esters is 1. The quantitative estimate of drug-likeness (QED) is 0.493. The molecule has 1 aliphatic heterocycles. The molecule has 0 unspecified atom stereocenters. The van der Waals surface area contributed by atoms with Gasteiger partial charge in [-0.25, -0.2) is 0 Å². The van der Waals surface area contributed by atoms with Crippen LogP contribution in [0.4, 0.5) is 0 Å². The number of carbonyl (C=O) groups excluding carboxylic acids is 2. The third-order valence-electron chi connectivity index (χ3n) is 10.9. The van der Waals surface area contributed by atoms with Gasteiger partial charge in [-0.15, -0.1) is 0 Å². The maximum absolute atomic E-state index is 13.3. The van der Waals surface area contributed by atoms with E-state index in [2.05, 4.69) is 13.8 Å². The molecule has 4 saturated carbocycles. The zero-order valence-corrected chi connectivity index (χ0v) is 21.0. The Balaban J connectivity index is 1.24. The summed E-state index contributed by atoms with van der Waals surface area (Å²) < 4.78 is 17.2. The number of Topliss-reactive ketones (excluding diaryl/α,β-unsaturated/α-hetero) is 1. The van der Waals surface area contributed by atoms with Gasteiger partial charge in [0.15, 0.2) is 12.1 Å². The van der Waals surface area contributed by atoms with E-state index in [9.17, 15) is 9.59 Å². The van der Waals surface area contributed by atoms with Gasteiger partial charge in [0.05, 0.1) is 0 Å². The van der Waals surface area contributed by atoms with Crippen molar-refractivity contribution in [1.29, 1.82) is 0 Å². The Labute approximate surface area is 199 Å². The lowest BCUT2D eigenvalue weighted by atomic mass is 9.44. The van der Waals surface area contributed by atoms with Crippen LogP contribution in [0, 0.1) is 40.4 Å². The number of hydrogen-bond acceptors (Lipinski definition) is 5. The molecule has 0 spiro atoms. The van der Waals surface area contributed by atoms with Gasteiger partial charge in [0, 0.05) is 19.4 Å². The highest BCUT2D eigenvalue weighted by Gasteiger charge is 2.61. The van der Waals surface area contributed by atoms with Gasteiger partial charge in [0.2, 0.25) is 0 Å². The van der Waals surface area contributed by atoms with Crippen molar-refractivity contribution in [2.75, 3.05) is 13.2 Å². The van der Waals surface area contributed by atoms with E-state index in [-0.39, 0.29) is 36.3 Å². The maximum Gasteiger partial charge on any atom is 0.302 e. The first-order valence-electron chi connectivity index (χ1n) is 13.7. The van der Waals surface area contributed by atoms with Crippen molar-refractivity contribution >= 4 is 11.8 Å². The summed E-state index contributed by atoms with van der Waals surface area (Å²) in [6, 6.07) is 0. The van der Waals surface area contributed by atoms with E-state index in [4.69, 9.17) is 14.2 Å². The average molecular weight is 461 g/mol. The van der Waals surface area contributed by atoms with E-state index < -0.39 is 0 Å². The Hall–Kier alpha value is -0.940. The second kappa shape index (κ2) is 9.26. The average Bonchev–Trinajstić information content (AvgIpc) is 3.15. The molecular formula is C28H44O5. The first-order valence-corrected chi connectivity index (χ1v) is 13.7. The largest absolute Gasteiger partial charge is 0.463 e. The molecule has 0 aromatic carbocycles. The minimum atomic E-state index is -0.180. The van der Waals surface area contributed by atoms with Crippen molar-refractivity contribution in [1.82, 2.24) is 0 Å². The van der Waals surface area contributed by atoms with Crippen LogP contribution in [0.25, 0.3) is 0 Å². The van der Waals surface area contributed by atoms with Crippen LogP contribution >= 0.6 is 0 Å². The standard InChI is InChI=1S/C28H44O5/c1-18(29)33-20-11-13-27(2)19(16-20)7-8-21-22-9-10-24(28(22,3)14-12-23(21)27)25(30)17-32-26-6-4-5-15-31-26/h19-24,26H,4-17H2,1-3H3/t19-,20-,21-,22-,23-,24+,26-,27-,28-/m0/s1. The molecule has 0 N–H and O–H groups in total. The smallest absolute Gasteiger partial charge is 0.302 e. The molecular weight excluding hydrogens is 416 g/mol. The Morgan fingerprint density at radius 1 is 0.909 bits per heavy atom. The summed E-state index contributed by atoms with van der Waals surface area (Å²) >= 11 is 0. The van der Waals surface area contributed by atoms with E-state index >= 15 is 0 Å². The molecule has 1 saturated heterocycles. The number of ketones is 1. The van der Waals surface area contributed by atoms with Gasteiger partial charge < -0.3 is 14.2 Å². The Morgan fingerprint density at radius 3 is 2.45 bits per heavy atom. The van der Waals surface area contributed by atoms with Gasteiger partial charge in [0.1, 0.15) is 12.7 Å². The van der Waals surface area contributed by atoms with Crippen molar-refractivity contribution in [2.45, 2.75) is 110 Å². The number of hydrogen-bond donors (Lipinski definition) is 0. The molecule has 4 aliphatic carbocycles. The van der Waals surface area contributed by atoms with Crippen molar-refractivity contribution in [3.05, 3.63) is 0 Å². The monoisotopic (exact) mass is 460 g/mol. The van der Waals surface area contributed by atoms with Crippen molar-refractivity contribution in [2.24, 2.45) is 40.4 Å². The molecule has 0 aromatic heterocycles. The van der Waals surface area contributed by atoms with Crippen molar-refractivity contribution in [3.8, 4) is 0 Å². The number of fused-ring (bicyclic) bond motifs is 5. The first kappa shape index (κ1) is 23.8. The molecule has 5 heteroatoms. The van der Waals surface area contributed by atoms with Gasteiger partial charge in [-0.05, 0) is 112 Å². The summed E-state index contributed by atoms with van der Waals surface area (Å²) in [5.41, 5.74) is 0.498. The van der Waals surface area contributed by atoms with E-state index in [0.29, 0.717) is 23.0 Å². The first-order chi connectivity index (χ1) is 15.8. The summed E-state index contributed by atoms with van der Waals surface area (Å²) in [4.78, 5) is 24.8. The molecule has 0 bridgehead atoms. The van der Waals surface area contributed by atoms with Crippen LogP contribution in [0.2, 0.25) is 0 Å². The summed E-state index contributed by atoms with van der Waals surface area (Å²) in [6.07, 6.45) is 13.5. The fraction of sp³-hybridized carbons (Fsp3) is 0.929. The van der Waals surface area contributed by atoms with Gasteiger partial charge in [-0.1, -0.05) is 13.8 Å². The van der Waals surface area contributed by atoms with Gasteiger partial charge in [-0.2, -0.15) is 0 Å². The van der Waals surface area contributed by atoms with Crippen LogP contribution < -0.4 is 0 Å². The minimum Gasteiger partial charge on any atom is -0.463 e.